The second-order valence-corrected chi connectivity index (χ2v) is 7.30. The van der Waals surface area contributed by atoms with Crippen molar-refractivity contribution >= 4 is 17.6 Å². The van der Waals surface area contributed by atoms with E-state index in [9.17, 15) is 4.79 Å². The van der Waals surface area contributed by atoms with Crippen LogP contribution in [0.4, 0.5) is 0 Å². The minimum Gasteiger partial charge on any atom is -0.492 e. The molecule has 2 aromatic carbocycles. The normalized spacial score (nSPS) is 15.9. The van der Waals surface area contributed by atoms with E-state index >= 15 is 0 Å². The van der Waals surface area contributed by atoms with Crippen LogP contribution in [0.1, 0.15) is 31.2 Å². The highest BCUT2D eigenvalue weighted by atomic mass is 35.5. The number of hydrogen-bond acceptors (Lipinski definition) is 4. The highest BCUT2D eigenvalue weighted by Crippen LogP contribution is 2.19. The third-order valence-corrected chi connectivity index (χ3v) is 5.06. The highest BCUT2D eigenvalue weighted by molar-refractivity contribution is 6.30. The van der Waals surface area contributed by atoms with Gasteiger partial charge in [-0.15, -0.1) is 0 Å². The summed E-state index contributed by atoms with van der Waals surface area (Å²) in [5.41, 5.74) is 0.998. The molecule has 0 amide bonds. The van der Waals surface area contributed by atoms with E-state index in [-0.39, 0.29) is 12.0 Å². The van der Waals surface area contributed by atoms with Crippen LogP contribution >= 0.6 is 11.6 Å². The zero-order valence-electron chi connectivity index (χ0n) is 15.5. The maximum absolute atomic E-state index is 12.4. The van der Waals surface area contributed by atoms with Crippen LogP contribution in [-0.4, -0.2) is 36.6 Å². The fourth-order valence-electron chi connectivity index (χ4n) is 3.29. The van der Waals surface area contributed by atoms with E-state index in [1.807, 2.05) is 42.5 Å². The number of esters is 1. The minimum absolute atomic E-state index is 0.0178. The number of ether oxygens (including phenoxy) is 2. The summed E-state index contributed by atoms with van der Waals surface area (Å²) in [4.78, 5) is 14.8. The van der Waals surface area contributed by atoms with Crippen molar-refractivity contribution in [1.82, 2.24) is 4.90 Å². The van der Waals surface area contributed by atoms with Crippen LogP contribution in [0.25, 0.3) is 0 Å². The molecule has 1 heterocycles. The summed E-state index contributed by atoms with van der Waals surface area (Å²) >= 11 is 5.93. The standard InChI is InChI=1S/C22H26ClNO3/c23-19-9-11-21(12-10-19)26-17-20(24-13-5-2-6-14-24)15-22(25)27-16-18-7-3-1-4-8-18/h1,3-4,7-12,20H,2,5-6,13-17H2. The van der Waals surface area contributed by atoms with Gasteiger partial charge in [0.15, 0.2) is 0 Å². The van der Waals surface area contributed by atoms with Gasteiger partial charge >= 0.3 is 5.97 Å². The molecule has 0 N–H and O–H groups in total. The molecule has 27 heavy (non-hydrogen) atoms. The van der Waals surface area contributed by atoms with Gasteiger partial charge in [-0.2, -0.15) is 0 Å². The molecule has 1 unspecified atom stereocenters. The van der Waals surface area contributed by atoms with Gasteiger partial charge in [-0.3, -0.25) is 9.69 Å². The molecule has 0 spiro atoms. The number of hydrogen-bond donors (Lipinski definition) is 0. The largest absolute Gasteiger partial charge is 0.492 e. The van der Waals surface area contributed by atoms with Gasteiger partial charge in [0.25, 0.3) is 0 Å². The lowest BCUT2D eigenvalue weighted by atomic mass is 10.1. The first kappa shape index (κ1) is 19.7. The second-order valence-electron chi connectivity index (χ2n) is 6.87. The first-order valence-corrected chi connectivity index (χ1v) is 9.90. The van der Waals surface area contributed by atoms with Crippen molar-refractivity contribution < 1.29 is 14.3 Å². The second kappa shape index (κ2) is 10.3. The predicted octanol–water partition coefficient (Wildman–Crippen LogP) is 4.71. The molecule has 0 saturated carbocycles. The molecule has 1 aliphatic rings. The summed E-state index contributed by atoms with van der Waals surface area (Å²) in [6.45, 7) is 2.77. The molecule has 0 bridgehead atoms. The number of rotatable bonds is 8. The van der Waals surface area contributed by atoms with Crippen LogP contribution in [0.15, 0.2) is 54.6 Å². The predicted molar refractivity (Wildman–Crippen MR) is 107 cm³/mol. The number of piperidine rings is 1. The zero-order chi connectivity index (χ0) is 18.9. The number of carbonyl (C=O) groups is 1. The van der Waals surface area contributed by atoms with Gasteiger partial charge in [-0.05, 0) is 55.8 Å². The molecule has 0 aromatic heterocycles. The van der Waals surface area contributed by atoms with E-state index < -0.39 is 0 Å². The quantitative estimate of drug-likeness (QED) is 0.615. The molecule has 1 aliphatic heterocycles. The molecule has 0 radical (unpaired) electrons. The molecule has 2 aromatic rings. The lowest BCUT2D eigenvalue weighted by Crippen LogP contribution is -2.44. The molecule has 3 rings (SSSR count). The van der Waals surface area contributed by atoms with Gasteiger partial charge in [0.05, 0.1) is 12.5 Å². The molecular weight excluding hydrogens is 362 g/mol. The summed E-state index contributed by atoms with van der Waals surface area (Å²) in [5, 5.41) is 0.680. The van der Waals surface area contributed by atoms with Gasteiger partial charge < -0.3 is 9.47 Å². The molecular formula is C22H26ClNO3. The Morgan fingerprint density at radius 2 is 1.70 bits per heavy atom. The van der Waals surface area contributed by atoms with E-state index in [2.05, 4.69) is 4.90 Å². The number of nitrogens with zero attached hydrogens (tertiary/aromatic N) is 1. The smallest absolute Gasteiger partial charge is 0.307 e. The third kappa shape index (κ3) is 6.56. The summed E-state index contributed by atoms with van der Waals surface area (Å²) < 4.78 is 11.4. The zero-order valence-corrected chi connectivity index (χ0v) is 16.2. The van der Waals surface area contributed by atoms with Crippen molar-refractivity contribution in [3.8, 4) is 5.75 Å². The van der Waals surface area contributed by atoms with Crippen molar-refractivity contribution in [2.45, 2.75) is 38.3 Å². The Morgan fingerprint density at radius 1 is 1.00 bits per heavy atom. The number of benzene rings is 2. The Hall–Kier alpha value is -2.04. The van der Waals surface area contributed by atoms with Crippen LogP contribution in [0, 0.1) is 0 Å². The number of halogens is 1. The van der Waals surface area contributed by atoms with Crippen LogP contribution in [-0.2, 0) is 16.1 Å². The first-order chi connectivity index (χ1) is 13.2. The SMILES string of the molecule is O=C(CC(COc1ccc(Cl)cc1)N1CCCCC1)OCc1ccccc1. The van der Waals surface area contributed by atoms with Crippen molar-refractivity contribution in [1.29, 1.82) is 0 Å². The monoisotopic (exact) mass is 387 g/mol. The maximum Gasteiger partial charge on any atom is 0.307 e. The van der Waals surface area contributed by atoms with Crippen molar-refractivity contribution in [2.75, 3.05) is 19.7 Å². The van der Waals surface area contributed by atoms with Crippen molar-refractivity contribution in [3.05, 3.63) is 65.2 Å². The van der Waals surface area contributed by atoms with E-state index in [0.717, 1.165) is 37.2 Å². The molecule has 1 fully saturated rings. The van der Waals surface area contributed by atoms with Crippen LogP contribution < -0.4 is 4.74 Å². The molecule has 1 atom stereocenters. The Labute approximate surface area is 166 Å². The fourth-order valence-corrected chi connectivity index (χ4v) is 3.42. The van der Waals surface area contributed by atoms with Gasteiger partial charge in [0.1, 0.15) is 19.0 Å². The number of carbonyl (C=O) groups excluding carboxylic acids is 1. The molecule has 144 valence electrons. The summed E-state index contributed by atoms with van der Waals surface area (Å²) in [5.74, 6) is 0.577. The summed E-state index contributed by atoms with van der Waals surface area (Å²) in [6, 6.07) is 17.1. The molecule has 5 heteroatoms. The average molecular weight is 388 g/mol. The fraction of sp³-hybridized carbons (Fsp3) is 0.409. The van der Waals surface area contributed by atoms with Gasteiger partial charge in [-0.1, -0.05) is 48.4 Å². The Kier molecular flexibility index (Phi) is 7.55. The Balaban J connectivity index is 1.55. The van der Waals surface area contributed by atoms with Crippen LogP contribution in [0.5, 0.6) is 5.75 Å². The van der Waals surface area contributed by atoms with E-state index in [1.165, 1.54) is 6.42 Å². The van der Waals surface area contributed by atoms with Crippen LogP contribution in [0.3, 0.4) is 0 Å². The van der Waals surface area contributed by atoms with Gasteiger partial charge in [-0.25, -0.2) is 0 Å². The highest BCUT2D eigenvalue weighted by Gasteiger charge is 2.24. The minimum atomic E-state index is -0.186. The van der Waals surface area contributed by atoms with Gasteiger partial charge in [0.2, 0.25) is 0 Å². The van der Waals surface area contributed by atoms with E-state index in [0.29, 0.717) is 24.7 Å². The first-order valence-electron chi connectivity index (χ1n) is 9.53. The molecule has 1 saturated heterocycles. The van der Waals surface area contributed by atoms with E-state index in [4.69, 9.17) is 21.1 Å². The molecule has 4 nitrogen and oxygen atoms in total. The Bertz CT molecular complexity index is 699. The Morgan fingerprint density at radius 3 is 2.41 bits per heavy atom. The lowest BCUT2D eigenvalue weighted by Gasteiger charge is -2.33. The summed E-state index contributed by atoms with van der Waals surface area (Å²) in [7, 11) is 0. The van der Waals surface area contributed by atoms with E-state index in [1.54, 1.807) is 12.1 Å². The van der Waals surface area contributed by atoms with Crippen molar-refractivity contribution in [3.63, 3.8) is 0 Å². The van der Waals surface area contributed by atoms with Crippen LogP contribution in [0.2, 0.25) is 5.02 Å². The average Bonchev–Trinajstić information content (AvgIpc) is 2.72. The lowest BCUT2D eigenvalue weighted by molar-refractivity contribution is -0.146. The van der Waals surface area contributed by atoms with Crippen molar-refractivity contribution in [2.24, 2.45) is 0 Å². The third-order valence-electron chi connectivity index (χ3n) is 4.81. The van der Waals surface area contributed by atoms with Gasteiger partial charge in [0, 0.05) is 5.02 Å². The summed E-state index contributed by atoms with van der Waals surface area (Å²) in [6.07, 6.45) is 3.91. The number of likely N-dealkylation sites (tertiary alicyclic amines) is 1. The molecule has 0 aliphatic carbocycles. The topological polar surface area (TPSA) is 38.8 Å². The maximum atomic E-state index is 12.4.